The van der Waals surface area contributed by atoms with E-state index in [1.54, 1.807) is 4.57 Å². The van der Waals surface area contributed by atoms with Crippen LogP contribution in [-0.2, 0) is 17.8 Å². The van der Waals surface area contributed by atoms with Crippen LogP contribution in [0.5, 0.6) is 0 Å². The van der Waals surface area contributed by atoms with Gasteiger partial charge in [-0.25, -0.2) is 0 Å². The molecule has 1 aliphatic heterocycles. The number of nitrogens with zero attached hydrogens (tertiary/aromatic N) is 2. The summed E-state index contributed by atoms with van der Waals surface area (Å²) in [4.78, 5) is 12.4. The van der Waals surface area contributed by atoms with E-state index in [4.69, 9.17) is 12.2 Å². The van der Waals surface area contributed by atoms with Crippen LogP contribution in [0.1, 0.15) is 29.3 Å². The molecule has 1 aromatic carbocycles. The first-order valence-electron chi connectivity index (χ1n) is 7.94. The Morgan fingerprint density at radius 3 is 3.00 bits per heavy atom. The highest BCUT2D eigenvalue weighted by atomic mass is 32.2. The van der Waals surface area contributed by atoms with E-state index in [-0.39, 0.29) is 12.5 Å². The fourth-order valence-electron chi connectivity index (χ4n) is 2.59. The van der Waals surface area contributed by atoms with Gasteiger partial charge < -0.3 is 5.32 Å². The van der Waals surface area contributed by atoms with Crippen LogP contribution in [0.15, 0.2) is 24.3 Å². The molecule has 3 rings (SSSR count). The summed E-state index contributed by atoms with van der Waals surface area (Å²) in [5, 5.41) is 9.93. The Morgan fingerprint density at radius 2 is 2.25 bits per heavy atom. The van der Waals surface area contributed by atoms with Gasteiger partial charge in [0.15, 0.2) is 4.77 Å². The van der Waals surface area contributed by atoms with Crippen molar-refractivity contribution in [2.24, 2.45) is 0 Å². The van der Waals surface area contributed by atoms with E-state index in [0.717, 1.165) is 24.4 Å². The van der Waals surface area contributed by atoms with E-state index in [0.29, 0.717) is 9.35 Å². The summed E-state index contributed by atoms with van der Waals surface area (Å²) >= 11 is 9.14. The minimum atomic E-state index is -0.0891. The summed E-state index contributed by atoms with van der Waals surface area (Å²) in [6.45, 7) is 2.26. The molecule has 0 atom stereocenters. The summed E-state index contributed by atoms with van der Waals surface area (Å²) in [5.74, 6) is 3.11. The number of rotatable bonds is 6. The standard InChI is InChI=1S/C16H20N4OS3/c1-2-4-13-18-19-16(22)20(13)10-14(21)17-12-6-3-5-11(9-12)15-23-7-8-24-15/h3,5-6,9,15H,2,4,7-8,10H2,1H3,(H,17,21)(H,19,22). The Kier molecular flexibility index (Phi) is 6.02. The maximum atomic E-state index is 12.4. The van der Waals surface area contributed by atoms with Crippen LogP contribution in [0.25, 0.3) is 0 Å². The molecule has 1 fully saturated rings. The van der Waals surface area contributed by atoms with E-state index in [9.17, 15) is 4.79 Å². The van der Waals surface area contributed by atoms with Crippen molar-refractivity contribution in [1.29, 1.82) is 0 Å². The highest BCUT2D eigenvalue weighted by Gasteiger charge is 2.18. The second kappa shape index (κ2) is 8.22. The number of anilines is 1. The van der Waals surface area contributed by atoms with Crippen molar-refractivity contribution < 1.29 is 4.79 Å². The molecule has 8 heteroatoms. The van der Waals surface area contributed by atoms with Crippen molar-refractivity contribution in [3.63, 3.8) is 0 Å². The number of amides is 1. The summed E-state index contributed by atoms with van der Waals surface area (Å²) in [6.07, 6.45) is 1.76. The maximum Gasteiger partial charge on any atom is 0.244 e. The Hall–Kier alpha value is -1.25. The lowest BCUT2D eigenvalue weighted by Gasteiger charge is -2.12. The third kappa shape index (κ3) is 4.23. The Morgan fingerprint density at radius 1 is 1.46 bits per heavy atom. The van der Waals surface area contributed by atoms with E-state index in [1.165, 1.54) is 17.1 Å². The number of hydrogen-bond acceptors (Lipinski definition) is 5. The zero-order chi connectivity index (χ0) is 16.9. The number of benzene rings is 1. The van der Waals surface area contributed by atoms with Crippen LogP contribution in [0.3, 0.4) is 0 Å². The molecule has 2 aromatic rings. The summed E-state index contributed by atoms with van der Waals surface area (Å²) in [5.41, 5.74) is 2.09. The normalized spacial score (nSPS) is 14.9. The van der Waals surface area contributed by atoms with Crippen molar-refractivity contribution in [3.05, 3.63) is 40.4 Å². The largest absolute Gasteiger partial charge is 0.325 e. The first-order chi connectivity index (χ1) is 11.7. The molecule has 128 valence electrons. The zero-order valence-corrected chi connectivity index (χ0v) is 15.9. The molecule has 24 heavy (non-hydrogen) atoms. The van der Waals surface area contributed by atoms with Gasteiger partial charge in [-0.05, 0) is 36.3 Å². The third-order valence-corrected chi connectivity index (χ3v) is 7.09. The van der Waals surface area contributed by atoms with E-state index >= 15 is 0 Å². The minimum absolute atomic E-state index is 0.0891. The van der Waals surface area contributed by atoms with E-state index in [2.05, 4.69) is 34.6 Å². The highest BCUT2D eigenvalue weighted by molar-refractivity contribution is 8.19. The molecule has 0 spiro atoms. The van der Waals surface area contributed by atoms with Gasteiger partial charge >= 0.3 is 0 Å². The van der Waals surface area contributed by atoms with Gasteiger partial charge in [0.25, 0.3) is 0 Å². The minimum Gasteiger partial charge on any atom is -0.325 e. The molecule has 1 aliphatic rings. The van der Waals surface area contributed by atoms with Crippen molar-refractivity contribution in [2.45, 2.75) is 30.9 Å². The van der Waals surface area contributed by atoms with Gasteiger partial charge in [0.05, 0.1) is 4.58 Å². The van der Waals surface area contributed by atoms with Gasteiger partial charge in [-0.15, -0.1) is 23.5 Å². The predicted molar refractivity (Wildman–Crippen MR) is 104 cm³/mol. The van der Waals surface area contributed by atoms with Gasteiger partial charge in [0.2, 0.25) is 5.91 Å². The van der Waals surface area contributed by atoms with Crippen molar-refractivity contribution in [1.82, 2.24) is 14.8 Å². The number of H-pyrrole nitrogens is 1. The summed E-state index contributed by atoms with van der Waals surface area (Å²) in [6, 6.07) is 8.11. The number of thioether (sulfide) groups is 2. The molecule has 5 nitrogen and oxygen atoms in total. The lowest BCUT2D eigenvalue weighted by Crippen LogP contribution is -2.20. The zero-order valence-electron chi connectivity index (χ0n) is 13.4. The van der Waals surface area contributed by atoms with Crippen molar-refractivity contribution >= 4 is 47.3 Å². The second-order valence-corrected chi connectivity index (χ2v) is 8.64. The highest BCUT2D eigenvalue weighted by Crippen LogP contribution is 2.45. The maximum absolute atomic E-state index is 12.4. The topological polar surface area (TPSA) is 62.7 Å². The number of aromatic nitrogens is 3. The van der Waals surface area contributed by atoms with Crippen LogP contribution < -0.4 is 5.32 Å². The Bertz CT molecular complexity index is 765. The fourth-order valence-corrected chi connectivity index (χ4v) is 5.64. The van der Waals surface area contributed by atoms with Crippen LogP contribution in [0.2, 0.25) is 0 Å². The average Bonchev–Trinajstić information content (AvgIpc) is 3.21. The van der Waals surface area contributed by atoms with Crippen molar-refractivity contribution in [3.8, 4) is 0 Å². The molecule has 2 N–H and O–H groups in total. The molecular formula is C16H20N4OS3. The Balaban J connectivity index is 1.68. The van der Waals surface area contributed by atoms with Crippen LogP contribution in [0.4, 0.5) is 5.69 Å². The van der Waals surface area contributed by atoms with Gasteiger partial charge in [-0.1, -0.05) is 19.1 Å². The molecule has 0 saturated carbocycles. The molecule has 1 amide bonds. The quantitative estimate of drug-likeness (QED) is 0.742. The average molecular weight is 381 g/mol. The number of aromatic amines is 1. The van der Waals surface area contributed by atoms with Gasteiger partial charge in [-0.3, -0.25) is 14.5 Å². The number of carbonyl (C=O) groups excluding carboxylic acids is 1. The number of hydrogen-bond donors (Lipinski definition) is 2. The number of nitrogens with one attached hydrogen (secondary N) is 2. The van der Waals surface area contributed by atoms with Crippen LogP contribution >= 0.6 is 35.7 Å². The van der Waals surface area contributed by atoms with Crippen molar-refractivity contribution in [2.75, 3.05) is 16.8 Å². The molecule has 0 aliphatic carbocycles. The first kappa shape index (κ1) is 17.6. The number of aryl methyl sites for hydroxylation is 1. The smallest absolute Gasteiger partial charge is 0.244 e. The lowest BCUT2D eigenvalue weighted by atomic mass is 10.2. The summed E-state index contributed by atoms with van der Waals surface area (Å²) < 4.78 is 2.72. The summed E-state index contributed by atoms with van der Waals surface area (Å²) in [7, 11) is 0. The van der Waals surface area contributed by atoms with Crippen LogP contribution in [-0.4, -0.2) is 32.2 Å². The molecular weight excluding hydrogens is 360 g/mol. The van der Waals surface area contributed by atoms with E-state index < -0.39 is 0 Å². The van der Waals surface area contributed by atoms with Crippen LogP contribution in [0, 0.1) is 4.77 Å². The van der Waals surface area contributed by atoms with E-state index in [1.807, 2.05) is 35.7 Å². The fraction of sp³-hybridized carbons (Fsp3) is 0.438. The lowest BCUT2D eigenvalue weighted by molar-refractivity contribution is -0.116. The molecule has 1 saturated heterocycles. The third-order valence-electron chi connectivity index (χ3n) is 3.68. The number of carbonyl (C=O) groups is 1. The van der Waals surface area contributed by atoms with Gasteiger partial charge in [0, 0.05) is 23.6 Å². The predicted octanol–water partition coefficient (Wildman–Crippen LogP) is 4.01. The molecule has 2 heterocycles. The first-order valence-corrected chi connectivity index (χ1v) is 10.4. The molecule has 0 bridgehead atoms. The van der Waals surface area contributed by atoms with Gasteiger partial charge in [0.1, 0.15) is 12.4 Å². The SMILES string of the molecule is CCCc1n[nH]c(=S)n1CC(=O)Nc1cccc(C2SCCS2)c1. The molecule has 0 unspecified atom stereocenters. The second-order valence-electron chi connectivity index (χ2n) is 5.53. The monoisotopic (exact) mass is 380 g/mol. The molecule has 0 radical (unpaired) electrons. The Labute approximate surface area is 155 Å². The molecule has 1 aromatic heterocycles. The van der Waals surface area contributed by atoms with Gasteiger partial charge in [-0.2, -0.15) is 5.10 Å².